The van der Waals surface area contributed by atoms with E-state index in [1.54, 1.807) is 4.90 Å². The van der Waals surface area contributed by atoms with Gasteiger partial charge in [0.2, 0.25) is 11.1 Å². The zero-order valence-electron chi connectivity index (χ0n) is 9.65. The highest BCUT2D eigenvalue weighted by Crippen LogP contribution is 2.22. The summed E-state index contributed by atoms with van der Waals surface area (Å²) >= 11 is 5.42. The molecule has 4 heteroatoms. The van der Waals surface area contributed by atoms with Crippen LogP contribution in [-0.2, 0) is 16.1 Å². The molecule has 0 aliphatic carbocycles. The third kappa shape index (κ3) is 2.86. The second kappa shape index (κ2) is 4.88. The Balaban J connectivity index is 2.02. The molecular formula is C13H14ClNO2. The summed E-state index contributed by atoms with van der Waals surface area (Å²) < 4.78 is 0. The van der Waals surface area contributed by atoms with Gasteiger partial charge in [-0.1, -0.05) is 29.8 Å². The van der Waals surface area contributed by atoms with Crippen LogP contribution in [0.15, 0.2) is 24.3 Å². The smallest absolute Gasteiger partial charge is 0.227 e. The number of carbonyl (C=O) groups is 2. The average molecular weight is 252 g/mol. The van der Waals surface area contributed by atoms with E-state index in [-0.39, 0.29) is 18.2 Å². The number of nitrogens with zero attached hydrogens (tertiary/aromatic N) is 1. The van der Waals surface area contributed by atoms with Gasteiger partial charge in [-0.15, -0.1) is 0 Å². The van der Waals surface area contributed by atoms with Gasteiger partial charge in [0.25, 0.3) is 0 Å². The van der Waals surface area contributed by atoms with Crippen LogP contribution in [0.4, 0.5) is 0 Å². The van der Waals surface area contributed by atoms with Crippen LogP contribution in [0.5, 0.6) is 0 Å². The number of aryl methyl sites for hydroxylation is 1. The van der Waals surface area contributed by atoms with E-state index in [1.165, 1.54) is 5.56 Å². The van der Waals surface area contributed by atoms with Gasteiger partial charge in [0.1, 0.15) is 0 Å². The van der Waals surface area contributed by atoms with Crippen molar-refractivity contribution in [1.82, 2.24) is 4.90 Å². The molecule has 17 heavy (non-hydrogen) atoms. The van der Waals surface area contributed by atoms with Crippen LogP contribution in [0.3, 0.4) is 0 Å². The fourth-order valence-corrected chi connectivity index (χ4v) is 2.14. The number of amides is 1. The van der Waals surface area contributed by atoms with Crippen molar-refractivity contribution in [1.29, 1.82) is 0 Å². The van der Waals surface area contributed by atoms with Crippen LogP contribution in [0, 0.1) is 12.8 Å². The van der Waals surface area contributed by atoms with Gasteiger partial charge in [-0.25, -0.2) is 0 Å². The lowest BCUT2D eigenvalue weighted by Gasteiger charge is -2.16. The summed E-state index contributed by atoms with van der Waals surface area (Å²) in [4.78, 5) is 24.4. The largest absolute Gasteiger partial charge is 0.338 e. The van der Waals surface area contributed by atoms with Gasteiger partial charge in [-0.2, -0.15) is 0 Å². The molecule has 2 rings (SSSR count). The molecule has 1 atom stereocenters. The zero-order valence-corrected chi connectivity index (χ0v) is 10.4. The predicted octanol–water partition coefficient (Wildman–Crippen LogP) is 2.11. The summed E-state index contributed by atoms with van der Waals surface area (Å²) in [7, 11) is 0. The summed E-state index contributed by atoms with van der Waals surface area (Å²) in [6, 6.07) is 8.02. The van der Waals surface area contributed by atoms with Gasteiger partial charge in [-0.3, -0.25) is 9.59 Å². The van der Waals surface area contributed by atoms with Crippen LogP contribution < -0.4 is 0 Å². The van der Waals surface area contributed by atoms with E-state index in [0.717, 1.165) is 5.56 Å². The first kappa shape index (κ1) is 12.1. The molecule has 0 radical (unpaired) electrons. The Labute approximate surface area is 105 Å². The first-order valence-electron chi connectivity index (χ1n) is 5.59. The molecule has 1 aromatic rings. The minimum Gasteiger partial charge on any atom is -0.338 e. The number of halogens is 1. The monoisotopic (exact) mass is 251 g/mol. The molecule has 1 saturated heterocycles. The summed E-state index contributed by atoms with van der Waals surface area (Å²) in [5.74, 6) is -0.334. The normalized spacial score (nSPS) is 19.8. The fourth-order valence-electron chi connectivity index (χ4n) is 1.99. The maximum Gasteiger partial charge on any atom is 0.227 e. The van der Waals surface area contributed by atoms with Crippen molar-refractivity contribution in [3.8, 4) is 0 Å². The van der Waals surface area contributed by atoms with Crippen LogP contribution in [0.1, 0.15) is 17.5 Å². The molecule has 1 aliphatic heterocycles. The lowest BCUT2D eigenvalue weighted by Crippen LogP contribution is -2.25. The van der Waals surface area contributed by atoms with E-state index < -0.39 is 5.24 Å². The maximum atomic E-state index is 11.7. The molecule has 0 N–H and O–H groups in total. The number of benzene rings is 1. The van der Waals surface area contributed by atoms with Gasteiger partial charge < -0.3 is 4.90 Å². The molecule has 0 aromatic heterocycles. The van der Waals surface area contributed by atoms with Crippen LogP contribution in [-0.4, -0.2) is 22.6 Å². The minimum absolute atomic E-state index is 0.00424. The number of hydrogen-bond donors (Lipinski definition) is 0. The Hall–Kier alpha value is -1.35. The Morgan fingerprint density at radius 2 is 2.06 bits per heavy atom. The summed E-state index contributed by atoms with van der Waals surface area (Å²) in [5, 5.41) is -0.412. The summed E-state index contributed by atoms with van der Waals surface area (Å²) in [5.41, 5.74) is 2.27. The van der Waals surface area contributed by atoms with Crippen molar-refractivity contribution in [2.75, 3.05) is 6.54 Å². The number of carbonyl (C=O) groups excluding carboxylic acids is 2. The van der Waals surface area contributed by atoms with E-state index >= 15 is 0 Å². The molecule has 0 saturated carbocycles. The first-order valence-corrected chi connectivity index (χ1v) is 5.96. The standard InChI is InChI=1S/C13H14ClNO2/c1-9-2-4-10(5-3-9)7-15-8-11(13(14)17)6-12(15)16/h2-5,11H,6-8H2,1H3/t11-/m1/s1. The number of rotatable bonds is 3. The highest BCUT2D eigenvalue weighted by molar-refractivity contribution is 6.64. The van der Waals surface area contributed by atoms with E-state index in [0.29, 0.717) is 13.1 Å². The molecule has 0 spiro atoms. The molecule has 1 amide bonds. The van der Waals surface area contributed by atoms with Crippen molar-refractivity contribution in [3.05, 3.63) is 35.4 Å². The SMILES string of the molecule is Cc1ccc(CN2C[C@H](C(=O)Cl)CC2=O)cc1. The predicted molar refractivity (Wildman–Crippen MR) is 65.6 cm³/mol. The maximum absolute atomic E-state index is 11.7. The van der Waals surface area contributed by atoms with E-state index in [9.17, 15) is 9.59 Å². The molecule has 3 nitrogen and oxygen atoms in total. The van der Waals surface area contributed by atoms with Gasteiger partial charge in [0.05, 0.1) is 5.92 Å². The highest BCUT2D eigenvalue weighted by atomic mass is 35.5. The quantitative estimate of drug-likeness (QED) is 0.772. The molecule has 1 aromatic carbocycles. The number of likely N-dealkylation sites (tertiary alicyclic amines) is 1. The Bertz CT molecular complexity index is 441. The summed E-state index contributed by atoms with van der Waals surface area (Å²) in [6.07, 6.45) is 0.244. The Morgan fingerprint density at radius 3 is 2.59 bits per heavy atom. The van der Waals surface area contributed by atoms with Gasteiger partial charge in [0.15, 0.2) is 0 Å². The van der Waals surface area contributed by atoms with E-state index in [4.69, 9.17) is 11.6 Å². The number of hydrogen-bond acceptors (Lipinski definition) is 2. The van der Waals surface area contributed by atoms with Gasteiger partial charge >= 0.3 is 0 Å². The topological polar surface area (TPSA) is 37.4 Å². The van der Waals surface area contributed by atoms with Crippen molar-refractivity contribution in [2.24, 2.45) is 5.92 Å². The van der Waals surface area contributed by atoms with Gasteiger partial charge in [-0.05, 0) is 24.1 Å². The third-order valence-electron chi connectivity index (χ3n) is 3.03. The first-order chi connectivity index (χ1) is 8.06. The molecule has 1 fully saturated rings. The van der Waals surface area contributed by atoms with Gasteiger partial charge in [0, 0.05) is 19.5 Å². The molecule has 0 unspecified atom stereocenters. The Kier molecular flexibility index (Phi) is 3.48. The second-order valence-electron chi connectivity index (χ2n) is 4.47. The van der Waals surface area contributed by atoms with Crippen molar-refractivity contribution in [3.63, 3.8) is 0 Å². The van der Waals surface area contributed by atoms with Crippen molar-refractivity contribution >= 4 is 22.8 Å². The fraction of sp³-hybridized carbons (Fsp3) is 0.385. The van der Waals surface area contributed by atoms with E-state index in [1.807, 2.05) is 31.2 Å². The molecule has 1 aliphatic rings. The minimum atomic E-state index is -0.412. The zero-order chi connectivity index (χ0) is 12.4. The molecular weight excluding hydrogens is 238 g/mol. The highest BCUT2D eigenvalue weighted by Gasteiger charge is 2.33. The van der Waals surface area contributed by atoms with Crippen molar-refractivity contribution in [2.45, 2.75) is 19.9 Å². The van der Waals surface area contributed by atoms with Crippen LogP contribution >= 0.6 is 11.6 Å². The molecule has 90 valence electrons. The van der Waals surface area contributed by atoms with Crippen molar-refractivity contribution < 1.29 is 9.59 Å². The second-order valence-corrected chi connectivity index (χ2v) is 4.84. The van der Waals surface area contributed by atoms with Crippen LogP contribution in [0.2, 0.25) is 0 Å². The van der Waals surface area contributed by atoms with Crippen LogP contribution in [0.25, 0.3) is 0 Å². The molecule has 1 heterocycles. The lowest BCUT2D eigenvalue weighted by molar-refractivity contribution is -0.128. The average Bonchev–Trinajstić information content (AvgIpc) is 2.64. The van der Waals surface area contributed by atoms with E-state index in [2.05, 4.69) is 0 Å². The Morgan fingerprint density at radius 1 is 1.41 bits per heavy atom. The third-order valence-corrected chi connectivity index (χ3v) is 3.34. The summed E-state index contributed by atoms with van der Waals surface area (Å²) in [6.45, 7) is 3.02. The molecule has 0 bridgehead atoms. The lowest BCUT2D eigenvalue weighted by atomic mass is 10.1.